The van der Waals surface area contributed by atoms with E-state index in [9.17, 15) is 22.8 Å². The van der Waals surface area contributed by atoms with Crippen LogP contribution in [0.3, 0.4) is 0 Å². The number of nitrogens with one attached hydrogen (secondary N) is 1. The number of carbonyl (C=O) groups excluding carboxylic acids is 2. The van der Waals surface area contributed by atoms with Crippen LogP contribution in [-0.2, 0) is 24.6 Å². The minimum Gasteiger partial charge on any atom is -0.481 e. The van der Waals surface area contributed by atoms with Crippen LogP contribution in [0.15, 0.2) is 0 Å². The summed E-state index contributed by atoms with van der Waals surface area (Å²) in [5, 5.41) is 10.9. The number of hydrogen-bond acceptors (Lipinski definition) is 5. The van der Waals surface area contributed by atoms with Crippen molar-refractivity contribution in [2.75, 3.05) is 26.2 Å². The number of carbonyl (C=O) groups is 3. The van der Waals surface area contributed by atoms with Gasteiger partial charge in [0, 0.05) is 13.1 Å². The Morgan fingerprint density at radius 2 is 1.60 bits per heavy atom. The van der Waals surface area contributed by atoms with Gasteiger partial charge in [0.2, 0.25) is 11.8 Å². The first-order valence-corrected chi connectivity index (χ1v) is 7.51. The summed E-state index contributed by atoms with van der Waals surface area (Å²) >= 11 is 0. The number of amides is 2. The predicted molar refractivity (Wildman–Crippen MR) is 65.6 cm³/mol. The molecule has 2 heterocycles. The zero-order valence-corrected chi connectivity index (χ0v) is 11.4. The molecule has 2 saturated heterocycles. The van der Waals surface area contributed by atoms with E-state index in [0.29, 0.717) is 0 Å². The Kier molecular flexibility index (Phi) is 4.06. The predicted octanol–water partition coefficient (Wildman–Crippen LogP) is -2.01. The number of piperazine rings is 1. The molecule has 2 rings (SSSR count). The van der Waals surface area contributed by atoms with Crippen molar-refractivity contribution >= 4 is 28.0 Å². The van der Waals surface area contributed by atoms with Crippen LogP contribution in [0.2, 0.25) is 0 Å². The molecule has 2 fully saturated rings. The highest BCUT2D eigenvalue weighted by molar-refractivity contribution is 7.86. The lowest BCUT2D eigenvalue weighted by molar-refractivity contribution is -0.143. The van der Waals surface area contributed by atoms with Gasteiger partial charge in [0.1, 0.15) is 0 Å². The SMILES string of the molecule is O=C1CN(S(=O)(=O)N2CCC(C(=O)O)CC2)CC(=O)N1. The summed E-state index contributed by atoms with van der Waals surface area (Å²) in [5.74, 6) is -2.81. The molecule has 0 atom stereocenters. The van der Waals surface area contributed by atoms with Crippen molar-refractivity contribution in [2.45, 2.75) is 12.8 Å². The Hall–Kier alpha value is -1.52. The smallest absolute Gasteiger partial charge is 0.306 e. The van der Waals surface area contributed by atoms with Gasteiger partial charge in [-0.05, 0) is 12.8 Å². The van der Waals surface area contributed by atoms with Gasteiger partial charge in [-0.2, -0.15) is 17.0 Å². The number of hydrogen-bond donors (Lipinski definition) is 2. The van der Waals surface area contributed by atoms with Gasteiger partial charge in [0.15, 0.2) is 0 Å². The highest BCUT2D eigenvalue weighted by Crippen LogP contribution is 2.21. The third kappa shape index (κ3) is 2.97. The van der Waals surface area contributed by atoms with Gasteiger partial charge in [0.25, 0.3) is 10.2 Å². The number of nitrogens with zero attached hydrogens (tertiary/aromatic N) is 2. The molecule has 10 heteroatoms. The van der Waals surface area contributed by atoms with Crippen LogP contribution in [0.4, 0.5) is 0 Å². The van der Waals surface area contributed by atoms with Gasteiger partial charge in [-0.25, -0.2) is 0 Å². The average molecular weight is 305 g/mol. The average Bonchev–Trinajstić information content (AvgIpc) is 2.37. The lowest BCUT2D eigenvalue weighted by Gasteiger charge is -2.34. The number of carboxylic acid groups (broad SMARTS) is 1. The molecule has 0 bridgehead atoms. The fraction of sp³-hybridized carbons (Fsp3) is 0.700. The van der Waals surface area contributed by atoms with E-state index in [2.05, 4.69) is 0 Å². The molecule has 0 spiro atoms. The minimum atomic E-state index is -3.91. The maximum Gasteiger partial charge on any atom is 0.306 e. The van der Waals surface area contributed by atoms with E-state index in [-0.39, 0.29) is 25.9 Å². The molecule has 2 aliphatic rings. The van der Waals surface area contributed by atoms with Gasteiger partial charge in [-0.15, -0.1) is 0 Å². The number of imide groups is 1. The molecule has 0 unspecified atom stereocenters. The first kappa shape index (κ1) is 14.9. The first-order chi connectivity index (χ1) is 9.30. The van der Waals surface area contributed by atoms with E-state index in [4.69, 9.17) is 5.11 Å². The number of rotatable bonds is 3. The molecule has 2 aliphatic heterocycles. The van der Waals surface area contributed by atoms with Crippen LogP contribution in [-0.4, -0.2) is 66.1 Å². The highest BCUT2D eigenvalue weighted by atomic mass is 32.2. The summed E-state index contributed by atoms with van der Waals surface area (Å²) in [4.78, 5) is 33.3. The zero-order chi connectivity index (χ0) is 14.9. The lowest BCUT2D eigenvalue weighted by Crippen LogP contribution is -2.57. The van der Waals surface area contributed by atoms with Crippen LogP contribution < -0.4 is 5.32 Å². The van der Waals surface area contributed by atoms with E-state index in [0.717, 1.165) is 8.61 Å². The summed E-state index contributed by atoms with van der Waals surface area (Å²) < 4.78 is 26.5. The van der Waals surface area contributed by atoms with Crippen LogP contribution in [0.5, 0.6) is 0 Å². The second-order valence-corrected chi connectivity index (χ2v) is 6.69. The Labute approximate surface area is 115 Å². The number of piperidine rings is 1. The van der Waals surface area contributed by atoms with Crippen molar-refractivity contribution in [3.63, 3.8) is 0 Å². The molecule has 0 aromatic heterocycles. The molecule has 2 amide bonds. The second-order valence-electron chi connectivity index (χ2n) is 4.76. The van der Waals surface area contributed by atoms with Crippen LogP contribution in [0, 0.1) is 5.92 Å². The van der Waals surface area contributed by atoms with Gasteiger partial charge in [0.05, 0.1) is 19.0 Å². The normalized spacial score (nSPS) is 23.6. The fourth-order valence-electron chi connectivity index (χ4n) is 2.27. The first-order valence-electron chi connectivity index (χ1n) is 6.11. The van der Waals surface area contributed by atoms with Crippen LogP contribution in [0.25, 0.3) is 0 Å². The van der Waals surface area contributed by atoms with E-state index in [1.165, 1.54) is 0 Å². The maximum absolute atomic E-state index is 12.3. The molecule has 0 aromatic rings. The van der Waals surface area contributed by atoms with Gasteiger partial charge in [-0.3, -0.25) is 19.7 Å². The minimum absolute atomic E-state index is 0.0750. The van der Waals surface area contributed by atoms with E-state index in [1.807, 2.05) is 5.32 Å². The molecule has 0 aromatic carbocycles. The topological polar surface area (TPSA) is 124 Å². The van der Waals surface area contributed by atoms with Gasteiger partial charge < -0.3 is 5.11 Å². The molecule has 112 valence electrons. The molecule has 0 saturated carbocycles. The fourth-order valence-corrected chi connectivity index (χ4v) is 3.83. The molecule has 20 heavy (non-hydrogen) atoms. The van der Waals surface area contributed by atoms with Crippen molar-refractivity contribution < 1.29 is 27.9 Å². The highest BCUT2D eigenvalue weighted by Gasteiger charge is 2.38. The molecular weight excluding hydrogens is 290 g/mol. The number of carboxylic acids is 1. The summed E-state index contributed by atoms with van der Waals surface area (Å²) in [7, 11) is -3.91. The second kappa shape index (κ2) is 5.46. The molecule has 9 nitrogen and oxygen atoms in total. The van der Waals surface area contributed by atoms with Crippen molar-refractivity contribution in [3.05, 3.63) is 0 Å². The van der Waals surface area contributed by atoms with E-state index in [1.54, 1.807) is 0 Å². The monoisotopic (exact) mass is 305 g/mol. The maximum atomic E-state index is 12.3. The third-order valence-corrected chi connectivity index (χ3v) is 5.30. The summed E-state index contributed by atoms with van der Waals surface area (Å²) in [6.45, 7) is -0.642. The Bertz CT molecular complexity index is 521. The van der Waals surface area contributed by atoms with Crippen molar-refractivity contribution in [1.82, 2.24) is 13.9 Å². The van der Waals surface area contributed by atoms with E-state index < -0.39 is 47.0 Å². The lowest BCUT2D eigenvalue weighted by atomic mass is 9.99. The molecular formula is C10H15N3O6S. The number of aliphatic carboxylic acids is 1. The third-order valence-electron chi connectivity index (χ3n) is 3.37. The standard InChI is InChI=1S/C10H15N3O6S/c14-8-5-13(6-9(15)11-8)20(18,19)12-3-1-7(2-4-12)10(16)17/h7H,1-6H2,(H,16,17)(H,11,14,15). The van der Waals surface area contributed by atoms with E-state index >= 15 is 0 Å². The Morgan fingerprint density at radius 3 is 2.05 bits per heavy atom. The van der Waals surface area contributed by atoms with Gasteiger partial charge in [-0.1, -0.05) is 0 Å². The largest absolute Gasteiger partial charge is 0.481 e. The molecule has 0 aliphatic carbocycles. The van der Waals surface area contributed by atoms with Gasteiger partial charge >= 0.3 is 5.97 Å². The van der Waals surface area contributed by atoms with Crippen LogP contribution >= 0.6 is 0 Å². The zero-order valence-electron chi connectivity index (χ0n) is 10.6. The summed E-state index contributed by atoms with van der Waals surface area (Å²) in [5.41, 5.74) is 0. The van der Waals surface area contributed by atoms with Crippen molar-refractivity contribution in [3.8, 4) is 0 Å². The quantitative estimate of drug-likeness (QED) is 0.580. The molecule has 2 N–H and O–H groups in total. The summed E-state index contributed by atoms with van der Waals surface area (Å²) in [6.07, 6.45) is 0.449. The van der Waals surface area contributed by atoms with Crippen molar-refractivity contribution in [1.29, 1.82) is 0 Å². The Morgan fingerprint density at radius 1 is 1.10 bits per heavy atom. The molecule has 0 radical (unpaired) electrons. The van der Waals surface area contributed by atoms with Crippen LogP contribution in [0.1, 0.15) is 12.8 Å². The van der Waals surface area contributed by atoms with Crippen molar-refractivity contribution in [2.24, 2.45) is 5.92 Å². The summed E-state index contributed by atoms with van der Waals surface area (Å²) in [6, 6.07) is 0. The Balaban J connectivity index is 2.06.